The lowest BCUT2D eigenvalue weighted by atomic mass is 10.2. The third-order valence-electron chi connectivity index (χ3n) is 2.89. The minimum absolute atomic E-state index is 0.156. The van der Waals surface area contributed by atoms with Crippen LogP contribution < -0.4 is 5.32 Å². The van der Waals surface area contributed by atoms with E-state index >= 15 is 0 Å². The van der Waals surface area contributed by atoms with Gasteiger partial charge < -0.3 is 5.32 Å². The molecule has 0 saturated heterocycles. The SMILES string of the molecule is CNC(=O)CS(=O)(=O)Cc1sc(-c2ccccc2)nc1C. The lowest BCUT2D eigenvalue weighted by molar-refractivity contribution is -0.118. The van der Waals surface area contributed by atoms with E-state index in [4.69, 9.17) is 0 Å². The highest BCUT2D eigenvalue weighted by Gasteiger charge is 2.20. The molecule has 0 aliphatic rings. The Bertz CT molecular complexity index is 737. The third kappa shape index (κ3) is 4.12. The molecule has 0 bridgehead atoms. The molecule has 1 aromatic carbocycles. The number of carbonyl (C=O) groups excluding carboxylic acids is 1. The van der Waals surface area contributed by atoms with Crippen LogP contribution in [-0.4, -0.2) is 32.1 Å². The highest BCUT2D eigenvalue weighted by atomic mass is 32.2. The summed E-state index contributed by atoms with van der Waals surface area (Å²) < 4.78 is 24.0. The van der Waals surface area contributed by atoms with Crippen LogP contribution in [0.1, 0.15) is 10.6 Å². The van der Waals surface area contributed by atoms with Crippen molar-refractivity contribution < 1.29 is 13.2 Å². The van der Waals surface area contributed by atoms with Crippen molar-refractivity contribution in [3.05, 3.63) is 40.9 Å². The summed E-state index contributed by atoms with van der Waals surface area (Å²) >= 11 is 1.35. The van der Waals surface area contributed by atoms with E-state index in [1.807, 2.05) is 30.3 Å². The van der Waals surface area contributed by atoms with E-state index in [0.717, 1.165) is 10.6 Å². The van der Waals surface area contributed by atoms with E-state index < -0.39 is 21.5 Å². The number of hydrogen-bond donors (Lipinski definition) is 1. The molecule has 0 radical (unpaired) electrons. The van der Waals surface area contributed by atoms with Crippen LogP contribution in [-0.2, 0) is 20.4 Å². The molecule has 0 unspecified atom stereocenters. The fourth-order valence-corrected chi connectivity index (χ4v) is 4.68. The molecule has 7 heteroatoms. The van der Waals surface area contributed by atoms with Gasteiger partial charge in [0.05, 0.1) is 11.4 Å². The number of rotatable bonds is 5. The summed E-state index contributed by atoms with van der Waals surface area (Å²) in [5.74, 6) is -1.15. The first-order chi connectivity index (χ1) is 9.91. The minimum atomic E-state index is -3.48. The molecule has 0 aliphatic carbocycles. The standard InChI is InChI=1S/C14H16N2O3S2/c1-10-12(8-21(18,19)9-13(17)15-2)20-14(16-10)11-6-4-3-5-7-11/h3-7H,8-9H2,1-2H3,(H,15,17). The summed E-state index contributed by atoms with van der Waals surface area (Å²) in [5.41, 5.74) is 1.65. The van der Waals surface area contributed by atoms with E-state index in [-0.39, 0.29) is 5.75 Å². The monoisotopic (exact) mass is 324 g/mol. The smallest absolute Gasteiger partial charge is 0.234 e. The molecule has 1 aromatic heterocycles. The Kier molecular flexibility index (Phi) is 4.74. The number of amides is 1. The highest BCUT2D eigenvalue weighted by Crippen LogP contribution is 2.29. The summed E-state index contributed by atoms with van der Waals surface area (Å²) in [4.78, 5) is 16.3. The van der Waals surface area contributed by atoms with Gasteiger partial charge in [0.25, 0.3) is 0 Å². The van der Waals surface area contributed by atoms with Gasteiger partial charge in [-0.05, 0) is 6.92 Å². The predicted molar refractivity (Wildman–Crippen MR) is 83.8 cm³/mol. The Hall–Kier alpha value is -1.73. The molecular weight excluding hydrogens is 308 g/mol. The lowest BCUT2D eigenvalue weighted by Crippen LogP contribution is -2.27. The number of nitrogens with zero attached hydrogens (tertiary/aromatic N) is 1. The molecule has 1 N–H and O–H groups in total. The van der Waals surface area contributed by atoms with Gasteiger partial charge in [0.2, 0.25) is 5.91 Å². The quantitative estimate of drug-likeness (QED) is 0.909. The summed E-state index contributed by atoms with van der Waals surface area (Å²) in [6.07, 6.45) is 0. The molecule has 0 aliphatic heterocycles. The summed E-state index contributed by atoms with van der Waals surface area (Å²) in [5, 5.41) is 3.11. The summed E-state index contributed by atoms with van der Waals surface area (Å²) in [6, 6.07) is 9.60. The number of aryl methyl sites for hydroxylation is 1. The van der Waals surface area contributed by atoms with Crippen LogP contribution in [0.5, 0.6) is 0 Å². The first-order valence-corrected chi connectivity index (χ1v) is 8.98. The molecule has 0 saturated carbocycles. The van der Waals surface area contributed by atoms with Crippen LogP contribution in [0.4, 0.5) is 0 Å². The minimum Gasteiger partial charge on any atom is -0.358 e. The van der Waals surface area contributed by atoms with E-state index in [2.05, 4.69) is 10.3 Å². The fraction of sp³-hybridized carbons (Fsp3) is 0.286. The van der Waals surface area contributed by atoms with Gasteiger partial charge in [0, 0.05) is 17.5 Å². The molecule has 5 nitrogen and oxygen atoms in total. The first kappa shape index (κ1) is 15.7. The maximum atomic E-state index is 12.0. The Morgan fingerprint density at radius 1 is 1.29 bits per heavy atom. The number of nitrogens with one attached hydrogen (secondary N) is 1. The number of thiazole rings is 1. The molecule has 2 aromatic rings. The Balaban J connectivity index is 2.22. The fourth-order valence-electron chi connectivity index (χ4n) is 1.79. The molecule has 1 heterocycles. The van der Waals surface area contributed by atoms with Crippen molar-refractivity contribution in [2.75, 3.05) is 12.8 Å². The van der Waals surface area contributed by atoms with Gasteiger partial charge >= 0.3 is 0 Å². The average molecular weight is 324 g/mol. The van der Waals surface area contributed by atoms with Crippen LogP contribution in [0.25, 0.3) is 10.6 Å². The van der Waals surface area contributed by atoms with Gasteiger partial charge in [-0.15, -0.1) is 11.3 Å². The molecule has 2 rings (SSSR count). The molecular formula is C14H16N2O3S2. The Labute approximate surface area is 128 Å². The zero-order valence-corrected chi connectivity index (χ0v) is 13.4. The zero-order chi connectivity index (χ0) is 15.5. The van der Waals surface area contributed by atoms with Gasteiger partial charge in [-0.3, -0.25) is 4.79 Å². The molecule has 112 valence electrons. The number of sulfone groups is 1. The van der Waals surface area contributed by atoms with Crippen molar-refractivity contribution >= 4 is 27.1 Å². The number of benzene rings is 1. The van der Waals surface area contributed by atoms with Gasteiger partial charge in [-0.25, -0.2) is 13.4 Å². The van der Waals surface area contributed by atoms with Crippen molar-refractivity contribution in [2.45, 2.75) is 12.7 Å². The maximum absolute atomic E-state index is 12.0. The second-order valence-corrected chi connectivity index (χ2v) is 7.75. The third-order valence-corrected chi connectivity index (χ3v) is 5.71. The highest BCUT2D eigenvalue weighted by molar-refractivity contribution is 7.91. The van der Waals surface area contributed by atoms with Gasteiger partial charge in [0.15, 0.2) is 9.84 Å². The largest absolute Gasteiger partial charge is 0.358 e. The topological polar surface area (TPSA) is 76.1 Å². The molecule has 1 amide bonds. The van der Waals surface area contributed by atoms with Crippen LogP contribution in [0, 0.1) is 6.92 Å². The van der Waals surface area contributed by atoms with E-state index in [1.54, 1.807) is 6.92 Å². The zero-order valence-electron chi connectivity index (χ0n) is 11.8. The van der Waals surface area contributed by atoms with Crippen molar-refractivity contribution in [3.63, 3.8) is 0 Å². The van der Waals surface area contributed by atoms with E-state index in [1.165, 1.54) is 18.4 Å². The predicted octanol–water partition coefficient (Wildman–Crippen LogP) is 1.78. The van der Waals surface area contributed by atoms with E-state index in [0.29, 0.717) is 10.6 Å². The van der Waals surface area contributed by atoms with E-state index in [9.17, 15) is 13.2 Å². The van der Waals surface area contributed by atoms with Crippen LogP contribution in [0.15, 0.2) is 30.3 Å². The van der Waals surface area contributed by atoms with Crippen molar-refractivity contribution in [1.29, 1.82) is 0 Å². The maximum Gasteiger partial charge on any atom is 0.234 e. The second-order valence-electron chi connectivity index (χ2n) is 4.60. The molecule has 0 atom stereocenters. The lowest BCUT2D eigenvalue weighted by Gasteiger charge is -2.02. The van der Waals surface area contributed by atoms with Crippen molar-refractivity contribution in [3.8, 4) is 10.6 Å². The number of aromatic nitrogens is 1. The Morgan fingerprint density at radius 3 is 2.57 bits per heavy atom. The second kappa shape index (κ2) is 6.36. The molecule has 21 heavy (non-hydrogen) atoms. The number of carbonyl (C=O) groups is 1. The van der Waals surface area contributed by atoms with Gasteiger partial charge in [0.1, 0.15) is 10.8 Å². The molecule has 0 spiro atoms. The normalized spacial score (nSPS) is 11.3. The molecule has 0 fully saturated rings. The van der Waals surface area contributed by atoms with Crippen LogP contribution in [0.2, 0.25) is 0 Å². The first-order valence-electron chi connectivity index (χ1n) is 6.34. The summed E-state index contributed by atoms with van der Waals surface area (Å²) in [7, 11) is -2.06. The van der Waals surface area contributed by atoms with Gasteiger partial charge in [-0.2, -0.15) is 0 Å². The number of hydrogen-bond acceptors (Lipinski definition) is 5. The van der Waals surface area contributed by atoms with Crippen molar-refractivity contribution in [2.24, 2.45) is 0 Å². The van der Waals surface area contributed by atoms with Gasteiger partial charge in [-0.1, -0.05) is 30.3 Å². The summed E-state index contributed by atoms with van der Waals surface area (Å²) in [6.45, 7) is 1.79. The van der Waals surface area contributed by atoms with Crippen LogP contribution in [0.3, 0.4) is 0 Å². The van der Waals surface area contributed by atoms with Crippen molar-refractivity contribution in [1.82, 2.24) is 10.3 Å². The Morgan fingerprint density at radius 2 is 1.95 bits per heavy atom. The average Bonchev–Trinajstić information content (AvgIpc) is 2.80. The van der Waals surface area contributed by atoms with Crippen LogP contribution >= 0.6 is 11.3 Å².